The molecule has 0 aliphatic heterocycles. The average Bonchev–Trinajstić information content (AvgIpc) is 2.10. The van der Waals surface area contributed by atoms with Crippen molar-refractivity contribution >= 4 is 12.2 Å². The van der Waals surface area contributed by atoms with E-state index >= 15 is 0 Å². The Balaban J connectivity index is 3.66. The molecule has 0 fully saturated rings. The van der Waals surface area contributed by atoms with Crippen LogP contribution in [0.3, 0.4) is 0 Å². The molecular formula is C8H17N3O2. The number of rotatable bonds is 8. The second kappa shape index (κ2) is 7.70. The number of aliphatic carboxylic acids is 1. The molecule has 0 aromatic carbocycles. The first-order chi connectivity index (χ1) is 6.22. The number of unbranched alkanes of at least 4 members (excludes halogenated alkanes) is 1. The lowest BCUT2D eigenvalue weighted by atomic mass is 10.1. The molecule has 1 atom stereocenters. The molecule has 0 aliphatic rings. The molecule has 0 radical (unpaired) electrons. The van der Waals surface area contributed by atoms with Crippen LogP contribution in [0.25, 0.3) is 0 Å². The predicted molar refractivity (Wildman–Crippen MR) is 51.1 cm³/mol. The van der Waals surface area contributed by atoms with Gasteiger partial charge in [-0.05, 0) is 19.4 Å². The van der Waals surface area contributed by atoms with Crippen LogP contribution in [0.5, 0.6) is 0 Å². The van der Waals surface area contributed by atoms with Crippen LogP contribution in [0, 0.1) is 5.41 Å². The molecule has 0 spiro atoms. The molecule has 0 saturated heterocycles. The van der Waals surface area contributed by atoms with Gasteiger partial charge in [0.1, 0.15) is 6.04 Å². The smallest absolute Gasteiger partial charge is 0.320 e. The van der Waals surface area contributed by atoms with Crippen LogP contribution >= 0.6 is 0 Å². The normalized spacial score (nSPS) is 12.4. The molecule has 5 nitrogen and oxygen atoms in total. The zero-order valence-electron chi connectivity index (χ0n) is 7.62. The van der Waals surface area contributed by atoms with Gasteiger partial charge in [0.15, 0.2) is 0 Å². The van der Waals surface area contributed by atoms with Crippen LogP contribution in [0.1, 0.15) is 19.3 Å². The number of carboxylic acid groups (broad SMARTS) is 1. The van der Waals surface area contributed by atoms with Crippen molar-refractivity contribution in [2.24, 2.45) is 5.73 Å². The Kier molecular flexibility index (Phi) is 7.14. The highest BCUT2D eigenvalue weighted by atomic mass is 16.4. The lowest BCUT2D eigenvalue weighted by Gasteiger charge is -2.11. The van der Waals surface area contributed by atoms with E-state index in [2.05, 4.69) is 5.32 Å². The van der Waals surface area contributed by atoms with E-state index in [4.69, 9.17) is 16.2 Å². The van der Waals surface area contributed by atoms with Crippen LogP contribution in [0.2, 0.25) is 0 Å². The Bertz CT molecular complexity index is 161. The SMILES string of the molecule is N=CCNC(CCCCN)C(=O)O. The minimum atomic E-state index is -0.862. The Hall–Kier alpha value is -0.940. The third kappa shape index (κ3) is 6.24. The molecule has 0 heterocycles. The van der Waals surface area contributed by atoms with Crippen molar-refractivity contribution in [3.63, 3.8) is 0 Å². The van der Waals surface area contributed by atoms with Gasteiger partial charge in [0.25, 0.3) is 0 Å². The van der Waals surface area contributed by atoms with Gasteiger partial charge in [0, 0.05) is 12.8 Å². The summed E-state index contributed by atoms with van der Waals surface area (Å²) < 4.78 is 0. The average molecular weight is 187 g/mol. The van der Waals surface area contributed by atoms with Crippen molar-refractivity contribution < 1.29 is 9.90 Å². The van der Waals surface area contributed by atoms with E-state index in [0.717, 1.165) is 19.1 Å². The molecule has 0 aromatic rings. The van der Waals surface area contributed by atoms with Crippen LogP contribution in [-0.2, 0) is 4.79 Å². The number of nitrogens with two attached hydrogens (primary N) is 1. The van der Waals surface area contributed by atoms with Crippen molar-refractivity contribution in [3.8, 4) is 0 Å². The molecule has 5 heteroatoms. The summed E-state index contributed by atoms with van der Waals surface area (Å²) in [5, 5.41) is 18.2. The molecule has 0 bridgehead atoms. The summed E-state index contributed by atoms with van der Waals surface area (Å²) in [6.45, 7) is 0.899. The maximum atomic E-state index is 10.6. The number of hydrogen-bond donors (Lipinski definition) is 4. The Morgan fingerprint density at radius 2 is 2.31 bits per heavy atom. The summed E-state index contributed by atoms with van der Waals surface area (Å²) in [4.78, 5) is 10.6. The summed E-state index contributed by atoms with van der Waals surface area (Å²) in [6.07, 6.45) is 3.37. The Labute approximate surface area is 77.8 Å². The van der Waals surface area contributed by atoms with E-state index in [0.29, 0.717) is 19.5 Å². The second-order valence-corrected chi connectivity index (χ2v) is 2.79. The third-order valence-corrected chi connectivity index (χ3v) is 1.71. The lowest BCUT2D eigenvalue weighted by molar-refractivity contribution is -0.139. The summed E-state index contributed by atoms with van der Waals surface area (Å²) in [6, 6.07) is -0.548. The summed E-state index contributed by atoms with van der Waals surface area (Å²) in [7, 11) is 0. The quantitative estimate of drug-likeness (QED) is 0.312. The largest absolute Gasteiger partial charge is 0.480 e. The van der Waals surface area contributed by atoms with Crippen molar-refractivity contribution in [1.29, 1.82) is 5.41 Å². The van der Waals surface area contributed by atoms with Gasteiger partial charge in [-0.15, -0.1) is 0 Å². The number of hydrogen-bond acceptors (Lipinski definition) is 4. The van der Waals surface area contributed by atoms with Gasteiger partial charge in [-0.25, -0.2) is 0 Å². The number of nitrogens with one attached hydrogen (secondary N) is 2. The number of carboxylic acids is 1. The third-order valence-electron chi connectivity index (χ3n) is 1.71. The van der Waals surface area contributed by atoms with Crippen molar-refractivity contribution in [2.45, 2.75) is 25.3 Å². The van der Waals surface area contributed by atoms with Gasteiger partial charge in [0.05, 0.1) is 0 Å². The second-order valence-electron chi connectivity index (χ2n) is 2.79. The molecule has 13 heavy (non-hydrogen) atoms. The molecule has 0 rings (SSSR count). The summed E-state index contributed by atoms with van der Waals surface area (Å²) in [5.74, 6) is -0.862. The van der Waals surface area contributed by atoms with Crippen molar-refractivity contribution in [1.82, 2.24) is 5.32 Å². The van der Waals surface area contributed by atoms with Gasteiger partial charge >= 0.3 is 5.97 Å². The molecule has 0 aliphatic carbocycles. The highest BCUT2D eigenvalue weighted by Gasteiger charge is 2.14. The number of carbonyl (C=O) groups is 1. The highest BCUT2D eigenvalue weighted by Crippen LogP contribution is 1.99. The highest BCUT2D eigenvalue weighted by molar-refractivity contribution is 5.74. The molecular weight excluding hydrogens is 170 g/mol. The van der Waals surface area contributed by atoms with Gasteiger partial charge < -0.3 is 16.2 Å². The van der Waals surface area contributed by atoms with E-state index in [9.17, 15) is 4.79 Å². The van der Waals surface area contributed by atoms with Crippen LogP contribution in [0.15, 0.2) is 0 Å². The van der Waals surface area contributed by atoms with E-state index in [1.165, 1.54) is 0 Å². The predicted octanol–water partition coefficient (Wildman–Crippen LogP) is -0.192. The standard InChI is InChI=1S/C8H17N3O2/c9-4-2-1-3-7(8(12)13)11-6-5-10/h5,7,10-11H,1-4,6,9H2,(H,12,13). The minimum Gasteiger partial charge on any atom is -0.480 e. The van der Waals surface area contributed by atoms with Crippen LogP contribution in [0.4, 0.5) is 0 Å². The lowest BCUT2D eigenvalue weighted by Crippen LogP contribution is -2.37. The zero-order chi connectivity index (χ0) is 10.1. The first-order valence-electron chi connectivity index (χ1n) is 4.37. The van der Waals surface area contributed by atoms with Gasteiger partial charge in [-0.3, -0.25) is 10.1 Å². The van der Waals surface area contributed by atoms with E-state index in [1.54, 1.807) is 0 Å². The molecule has 1 unspecified atom stereocenters. The van der Waals surface area contributed by atoms with Gasteiger partial charge in [-0.1, -0.05) is 6.42 Å². The monoisotopic (exact) mass is 187 g/mol. The van der Waals surface area contributed by atoms with Gasteiger partial charge in [0.2, 0.25) is 0 Å². The summed E-state index contributed by atoms with van der Waals surface area (Å²) >= 11 is 0. The van der Waals surface area contributed by atoms with Gasteiger partial charge in [-0.2, -0.15) is 0 Å². The van der Waals surface area contributed by atoms with Crippen molar-refractivity contribution in [2.75, 3.05) is 13.1 Å². The fraction of sp³-hybridized carbons (Fsp3) is 0.750. The first-order valence-corrected chi connectivity index (χ1v) is 4.37. The molecule has 0 aromatic heterocycles. The van der Waals surface area contributed by atoms with Crippen LogP contribution in [-0.4, -0.2) is 36.4 Å². The van der Waals surface area contributed by atoms with E-state index < -0.39 is 12.0 Å². The van der Waals surface area contributed by atoms with Crippen molar-refractivity contribution in [3.05, 3.63) is 0 Å². The zero-order valence-corrected chi connectivity index (χ0v) is 7.62. The Morgan fingerprint density at radius 3 is 2.77 bits per heavy atom. The topological polar surface area (TPSA) is 99.2 Å². The van der Waals surface area contributed by atoms with E-state index in [1.807, 2.05) is 0 Å². The van der Waals surface area contributed by atoms with Crippen LogP contribution < -0.4 is 11.1 Å². The maximum absolute atomic E-state index is 10.6. The summed E-state index contributed by atoms with van der Waals surface area (Å²) in [5.41, 5.74) is 5.29. The first kappa shape index (κ1) is 12.1. The molecule has 76 valence electrons. The minimum absolute atomic E-state index is 0.305. The fourth-order valence-electron chi connectivity index (χ4n) is 1.01. The Morgan fingerprint density at radius 1 is 1.62 bits per heavy atom. The van der Waals surface area contributed by atoms with E-state index in [-0.39, 0.29) is 0 Å². The fourth-order valence-corrected chi connectivity index (χ4v) is 1.01. The molecule has 0 saturated carbocycles. The molecule has 5 N–H and O–H groups in total. The molecule has 0 amide bonds. The maximum Gasteiger partial charge on any atom is 0.320 e.